The van der Waals surface area contributed by atoms with E-state index >= 15 is 0 Å². The van der Waals surface area contributed by atoms with Crippen LogP contribution in [0.3, 0.4) is 0 Å². The molecule has 3 atom stereocenters. The average Bonchev–Trinajstić information content (AvgIpc) is 2.89. The van der Waals surface area contributed by atoms with Crippen LogP contribution in [0.1, 0.15) is 30.2 Å². The third-order valence-electron chi connectivity index (χ3n) is 4.54. The molecule has 0 amide bonds. The molecule has 1 aromatic rings. The Bertz CT molecular complexity index is 436. The second-order valence-corrected chi connectivity index (χ2v) is 5.82. The first-order valence-electron chi connectivity index (χ1n) is 6.62. The standard InChI is InChI=1S/C15H19ClO2/c1-17-9-6-7-13(18-2)12(8-9)15(16)14-10-4-3-5-11(10)14/h6-8,10-11,14-15H,3-5H2,1-2H3. The Labute approximate surface area is 113 Å². The van der Waals surface area contributed by atoms with E-state index < -0.39 is 0 Å². The SMILES string of the molecule is COc1ccc(OC)c(C(Cl)C2C3CCCC32)c1. The summed E-state index contributed by atoms with van der Waals surface area (Å²) in [5.74, 6) is 4.07. The first-order chi connectivity index (χ1) is 8.76. The Kier molecular flexibility index (Phi) is 3.14. The van der Waals surface area contributed by atoms with E-state index in [0.717, 1.165) is 28.9 Å². The minimum atomic E-state index is 0.0605. The van der Waals surface area contributed by atoms with Crippen molar-refractivity contribution in [2.75, 3.05) is 14.2 Å². The lowest BCUT2D eigenvalue weighted by Gasteiger charge is -2.16. The molecule has 2 aliphatic carbocycles. The third-order valence-corrected chi connectivity index (χ3v) is 5.07. The van der Waals surface area contributed by atoms with Crippen LogP contribution in [0.2, 0.25) is 0 Å². The highest BCUT2D eigenvalue weighted by molar-refractivity contribution is 6.21. The van der Waals surface area contributed by atoms with E-state index in [1.54, 1.807) is 14.2 Å². The fraction of sp³-hybridized carbons (Fsp3) is 0.600. The van der Waals surface area contributed by atoms with Gasteiger partial charge < -0.3 is 9.47 Å². The quantitative estimate of drug-likeness (QED) is 0.766. The molecule has 3 rings (SSSR count). The van der Waals surface area contributed by atoms with E-state index in [4.69, 9.17) is 21.1 Å². The first kappa shape index (κ1) is 12.2. The van der Waals surface area contributed by atoms with Gasteiger partial charge in [0, 0.05) is 5.56 Å². The fourth-order valence-electron chi connectivity index (χ4n) is 3.57. The van der Waals surface area contributed by atoms with Crippen LogP contribution in [0, 0.1) is 17.8 Å². The zero-order valence-corrected chi connectivity index (χ0v) is 11.6. The van der Waals surface area contributed by atoms with Crippen molar-refractivity contribution in [1.82, 2.24) is 0 Å². The maximum atomic E-state index is 6.68. The Morgan fingerprint density at radius 2 is 1.89 bits per heavy atom. The summed E-state index contributed by atoms with van der Waals surface area (Å²) in [5.41, 5.74) is 1.08. The van der Waals surface area contributed by atoms with Crippen LogP contribution in [-0.4, -0.2) is 14.2 Å². The summed E-state index contributed by atoms with van der Waals surface area (Å²) in [6, 6.07) is 5.88. The lowest BCUT2D eigenvalue weighted by Crippen LogP contribution is -2.02. The summed E-state index contributed by atoms with van der Waals surface area (Å²) >= 11 is 6.68. The molecule has 0 N–H and O–H groups in total. The van der Waals surface area contributed by atoms with Crippen molar-refractivity contribution in [3.63, 3.8) is 0 Å². The minimum Gasteiger partial charge on any atom is -0.497 e. The van der Waals surface area contributed by atoms with Crippen molar-refractivity contribution in [1.29, 1.82) is 0 Å². The van der Waals surface area contributed by atoms with Crippen LogP contribution in [0.5, 0.6) is 11.5 Å². The number of methoxy groups -OCH3 is 2. The van der Waals surface area contributed by atoms with Gasteiger partial charge in [0.1, 0.15) is 11.5 Å². The van der Waals surface area contributed by atoms with Gasteiger partial charge in [0.05, 0.1) is 19.6 Å². The number of rotatable bonds is 4. The molecule has 2 fully saturated rings. The Morgan fingerprint density at radius 1 is 1.17 bits per heavy atom. The van der Waals surface area contributed by atoms with Gasteiger partial charge in [-0.25, -0.2) is 0 Å². The molecule has 2 saturated carbocycles. The summed E-state index contributed by atoms with van der Waals surface area (Å²) in [4.78, 5) is 0. The number of hydrogen-bond donors (Lipinski definition) is 0. The van der Waals surface area contributed by atoms with Gasteiger partial charge in [0.15, 0.2) is 0 Å². The lowest BCUT2D eigenvalue weighted by molar-refractivity contribution is 0.395. The van der Waals surface area contributed by atoms with Crippen molar-refractivity contribution >= 4 is 11.6 Å². The smallest absolute Gasteiger partial charge is 0.123 e. The molecule has 1 aromatic carbocycles. The number of ether oxygens (including phenoxy) is 2. The molecule has 0 aromatic heterocycles. The molecule has 2 aliphatic rings. The highest BCUT2D eigenvalue weighted by Gasteiger charge is 2.56. The number of alkyl halides is 1. The zero-order valence-electron chi connectivity index (χ0n) is 10.9. The van der Waals surface area contributed by atoms with Gasteiger partial charge in [-0.15, -0.1) is 11.6 Å². The van der Waals surface area contributed by atoms with E-state index in [9.17, 15) is 0 Å². The summed E-state index contributed by atoms with van der Waals surface area (Å²) in [7, 11) is 3.38. The molecule has 3 heteroatoms. The van der Waals surface area contributed by atoms with E-state index in [-0.39, 0.29) is 5.38 Å². The molecule has 0 saturated heterocycles. The van der Waals surface area contributed by atoms with Crippen molar-refractivity contribution in [3.8, 4) is 11.5 Å². The molecule has 0 heterocycles. The Balaban J connectivity index is 1.85. The second kappa shape index (κ2) is 4.65. The molecule has 0 aliphatic heterocycles. The number of benzene rings is 1. The van der Waals surface area contributed by atoms with Crippen LogP contribution in [-0.2, 0) is 0 Å². The first-order valence-corrected chi connectivity index (χ1v) is 7.06. The molecule has 2 nitrogen and oxygen atoms in total. The largest absolute Gasteiger partial charge is 0.497 e. The topological polar surface area (TPSA) is 18.5 Å². The highest BCUT2D eigenvalue weighted by atomic mass is 35.5. The van der Waals surface area contributed by atoms with Crippen LogP contribution >= 0.6 is 11.6 Å². The van der Waals surface area contributed by atoms with Gasteiger partial charge in [0.2, 0.25) is 0 Å². The molecule has 0 radical (unpaired) electrons. The van der Waals surface area contributed by atoms with Crippen molar-refractivity contribution < 1.29 is 9.47 Å². The summed E-state index contributed by atoms with van der Waals surface area (Å²) < 4.78 is 10.7. The van der Waals surface area contributed by atoms with Crippen molar-refractivity contribution in [2.24, 2.45) is 17.8 Å². The molecule has 0 spiro atoms. The Hall–Kier alpha value is -0.890. The summed E-state index contributed by atoms with van der Waals surface area (Å²) in [6.07, 6.45) is 4.08. The summed E-state index contributed by atoms with van der Waals surface area (Å²) in [5, 5.41) is 0.0605. The summed E-state index contributed by atoms with van der Waals surface area (Å²) in [6.45, 7) is 0. The molecule has 3 unspecified atom stereocenters. The van der Waals surface area contributed by atoms with Gasteiger partial charge in [-0.2, -0.15) is 0 Å². The Morgan fingerprint density at radius 3 is 2.50 bits per heavy atom. The van der Waals surface area contributed by atoms with Crippen LogP contribution < -0.4 is 9.47 Å². The average molecular weight is 267 g/mol. The van der Waals surface area contributed by atoms with Crippen molar-refractivity contribution in [2.45, 2.75) is 24.6 Å². The van der Waals surface area contributed by atoms with Gasteiger partial charge in [-0.3, -0.25) is 0 Å². The number of hydrogen-bond acceptors (Lipinski definition) is 2. The second-order valence-electron chi connectivity index (χ2n) is 5.35. The molecular weight excluding hydrogens is 248 g/mol. The van der Waals surface area contributed by atoms with Gasteiger partial charge >= 0.3 is 0 Å². The van der Waals surface area contributed by atoms with E-state index in [1.807, 2.05) is 18.2 Å². The monoisotopic (exact) mass is 266 g/mol. The lowest BCUT2D eigenvalue weighted by atomic mass is 10.0. The maximum absolute atomic E-state index is 6.68. The molecule has 98 valence electrons. The van der Waals surface area contributed by atoms with E-state index in [2.05, 4.69) is 0 Å². The predicted octanol–water partition coefficient (Wildman–Crippen LogP) is 4.03. The number of halogens is 1. The van der Waals surface area contributed by atoms with Crippen LogP contribution in [0.4, 0.5) is 0 Å². The number of fused-ring (bicyclic) bond motifs is 1. The predicted molar refractivity (Wildman–Crippen MR) is 72.5 cm³/mol. The minimum absolute atomic E-state index is 0.0605. The molecular formula is C15H19ClO2. The van der Waals surface area contributed by atoms with E-state index in [1.165, 1.54) is 19.3 Å². The van der Waals surface area contributed by atoms with Crippen LogP contribution in [0.25, 0.3) is 0 Å². The molecule has 18 heavy (non-hydrogen) atoms. The molecule has 0 bridgehead atoms. The normalized spacial score (nSPS) is 30.7. The maximum Gasteiger partial charge on any atom is 0.123 e. The van der Waals surface area contributed by atoms with Gasteiger partial charge in [-0.1, -0.05) is 6.42 Å². The fourth-order valence-corrected chi connectivity index (χ4v) is 4.12. The van der Waals surface area contributed by atoms with E-state index in [0.29, 0.717) is 5.92 Å². The third kappa shape index (κ3) is 1.87. The zero-order chi connectivity index (χ0) is 12.7. The van der Waals surface area contributed by atoms with Gasteiger partial charge in [0.25, 0.3) is 0 Å². The van der Waals surface area contributed by atoms with Crippen molar-refractivity contribution in [3.05, 3.63) is 23.8 Å². The van der Waals surface area contributed by atoms with Gasteiger partial charge in [-0.05, 0) is 48.8 Å². The van der Waals surface area contributed by atoms with Crippen LogP contribution in [0.15, 0.2) is 18.2 Å². The highest BCUT2D eigenvalue weighted by Crippen LogP contribution is 2.64.